The van der Waals surface area contributed by atoms with E-state index in [1.165, 1.54) is 6.07 Å². The molecule has 0 aromatic heterocycles. The minimum atomic E-state index is -0.922. The lowest BCUT2D eigenvalue weighted by molar-refractivity contribution is -0.150. The molecule has 1 atom stereocenters. The minimum Gasteiger partial charge on any atom is -0.480 e. The van der Waals surface area contributed by atoms with E-state index in [1.54, 1.807) is 17.0 Å². The van der Waals surface area contributed by atoms with Gasteiger partial charge in [-0.3, -0.25) is 14.5 Å². The number of carboxylic acids is 1. The van der Waals surface area contributed by atoms with Crippen molar-refractivity contribution in [3.63, 3.8) is 0 Å². The van der Waals surface area contributed by atoms with Crippen LogP contribution in [0.25, 0.3) is 0 Å². The van der Waals surface area contributed by atoms with Crippen LogP contribution in [-0.4, -0.2) is 47.7 Å². The van der Waals surface area contributed by atoms with Crippen molar-refractivity contribution in [1.29, 1.82) is 0 Å². The number of benzene rings is 1. The second-order valence-electron chi connectivity index (χ2n) is 4.57. The molecule has 0 spiro atoms. The fourth-order valence-electron chi connectivity index (χ4n) is 2.10. The number of nitrogens with zero attached hydrogens (tertiary/aromatic N) is 1. The quantitative estimate of drug-likeness (QED) is 0.854. The molecule has 1 amide bonds. The largest absolute Gasteiger partial charge is 0.480 e. The number of carbonyl (C=O) groups is 2. The Balaban J connectivity index is 2.16. The van der Waals surface area contributed by atoms with Crippen LogP contribution >= 0.6 is 11.6 Å². The fourth-order valence-corrected chi connectivity index (χ4v) is 2.34. The van der Waals surface area contributed by atoms with Gasteiger partial charge in [0.25, 0.3) is 0 Å². The third kappa shape index (κ3) is 3.27. The molecule has 3 N–H and O–H groups in total. The first-order valence-corrected chi connectivity index (χ1v) is 6.49. The van der Waals surface area contributed by atoms with Crippen molar-refractivity contribution in [2.24, 2.45) is 5.73 Å². The van der Waals surface area contributed by atoms with Gasteiger partial charge in [-0.15, -0.1) is 0 Å². The molecule has 1 aromatic rings. The van der Waals surface area contributed by atoms with Crippen LogP contribution in [0.2, 0.25) is 5.02 Å². The first-order chi connectivity index (χ1) is 9.49. The normalized spacial score (nSPS) is 19.8. The van der Waals surface area contributed by atoms with Gasteiger partial charge in [-0.25, -0.2) is 0 Å². The Morgan fingerprint density at radius 1 is 1.50 bits per heavy atom. The maximum absolute atomic E-state index is 11.2. The van der Waals surface area contributed by atoms with Crippen molar-refractivity contribution < 1.29 is 19.4 Å². The number of primary amides is 1. The summed E-state index contributed by atoms with van der Waals surface area (Å²) in [7, 11) is 0. The summed E-state index contributed by atoms with van der Waals surface area (Å²) in [6, 6.07) is 4.09. The summed E-state index contributed by atoms with van der Waals surface area (Å²) in [5.41, 5.74) is 6.26. The lowest BCUT2D eigenvalue weighted by Gasteiger charge is -2.32. The Labute approximate surface area is 121 Å². The predicted octanol–water partition coefficient (Wildman–Crippen LogP) is 0.724. The number of hydrogen-bond donors (Lipinski definition) is 2. The highest BCUT2D eigenvalue weighted by Crippen LogP contribution is 2.21. The van der Waals surface area contributed by atoms with Crippen molar-refractivity contribution >= 4 is 23.5 Å². The third-order valence-corrected chi connectivity index (χ3v) is 3.59. The molecule has 1 fully saturated rings. The van der Waals surface area contributed by atoms with Crippen molar-refractivity contribution in [2.75, 3.05) is 19.8 Å². The predicted molar refractivity (Wildman–Crippen MR) is 72.6 cm³/mol. The molecule has 6 nitrogen and oxygen atoms in total. The van der Waals surface area contributed by atoms with E-state index in [2.05, 4.69) is 0 Å². The average Bonchev–Trinajstić information content (AvgIpc) is 2.41. The molecular weight excluding hydrogens is 284 g/mol. The number of rotatable bonds is 4. The summed E-state index contributed by atoms with van der Waals surface area (Å²) in [6.07, 6.45) is 0. The molecule has 1 heterocycles. The third-order valence-electron chi connectivity index (χ3n) is 3.24. The van der Waals surface area contributed by atoms with Crippen LogP contribution in [0.15, 0.2) is 18.2 Å². The number of carbonyl (C=O) groups excluding carboxylic acids is 1. The molecule has 1 aromatic carbocycles. The van der Waals surface area contributed by atoms with E-state index in [1.807, 2.05) is 0 Å². The second kappa shape index (κ2) is 6.21. The van der Waals surface area contributed by atoms with Crippen molar-refractivity contribution in [1.82, 2.24) is 4.90 Å². The van der Waals surface area contributed by atoms with Gasteiger partial charge in [-0.05, 0) is 17.7 Å². The van der Waals surface area contributed by atoms with Crippen LogP contribution in [0.3, 0.4) is 0 Å². The van der Waals surface area contributed by atoms with Gasteiger partial charge < -0.3 is 15.6 Å². The van der Waals surface area contributed by atoms with E-state index < -0.39 is 17.9 Å². The maximum Gasteiger partial charge on any atom is 0.323 e. The van der Waals surface area contributed by atoms with Crippen LogP contribution in [0, 0.1) is 0 Å². The van der Waals surface area contributed by atoms with E-state index in [0.29, 0.717) is 30.3 Å². The zero-order valence-corrected chi connectivity index (χ0v) is 11.5. The van der Waals surface area contributed by atoms with Crippen LogP contribution in [0.5, 0.6) is 0 Å². The Hall–Kier alpha value is -1.63. The standard InChI is InChI=1S/C13H15ClN2O4/c14-10-5-8(12(15)17)1-2-9(10)6-16-3-4-20-7-11(16)13(18)19/h1-2,5,11H,3-4,6-7H2,(H2,15,17)(H,18,19). The van der Waals surface area contributed by atoms with Gasteiger partial charge in [-0.1, -0.05) is 17.7 Å². The summed E-state index contributed by atoms with van der Waals surface area (Å²) in [6.45, 7) is 1.55. The molecule has 20 heavy (non-hydrogen) atoms. The lowest BCUT2D eigenvalue weighted by Crippen LogP contribution is -2.49. The average molecular weight is 299 g/mol. The van der Waals surface area contributed by atoms with Gasteiger partial charge in [0.15, 0.2) is 0 Å². The molecule has 2 rings (SSSR count). The molecule has 0 radical (unpaired) electrons. The van der Waals surface area contributed by atoms with Crippen molar-refractivity contribution in [2.45, 2.75) is 12.6 Å². The molecule has 0 saturated carbocycles. The lowest BCUT2D eigenvalue weighted by atomic mass is 10.1. The molecule has 7 heteroatoms. The zero-order chi connectivity index (χ0) is 14.7. The number of ether oxygens (including phenoxy) is 1. The van der Waals surface area contributed by atoms with E-state index in [-0.39, 0.29) is 6.61 Å². The van der Waals surface area contributed by atoms with Crippen LogP contribution in [-0.2, 0) is 16.1 Å². The zero-order valence-electron chi connectivity index (χ0n) is 10.7. The molecule has 1 unspecified atom stereocenters. The van der Waals surface area contributed by atoms with Gasteiger partial charge in [-0.2, -0.15) is 0 Å². The maximum atomic E-state index is 11.2. The van der Waals surface area contributed by atoms with Gasteiger partial charge in [0.2, 0.25) is 5.91 Å². The van der Waals surface area contributed by atoms with Crippen molar-refractivity contribution in [3.05, 3.63) is 34.3 Å². The number of hydrogen-bond acceptors (Lipinski definition) is 4. The Bertz CT molecular complexity index is 535. The summed E-state index contributed by atoms with van der Waals surface area (Å²) >= 11 is 6.11. The summed E-state index contributed by atoms with van der Waals surface area (Å²) < 4.78 is 5.18. The summed E-state index contributed by atoms with van der Waals surface area (Å²) in [4.78, 5) is 24.0. The van der Waals surface area contributed by atoms with E-state index in [4.69, 9.17) is 27.2 Å². The van der Waals surface area contributed by atoms with Crippen LogP contribution in [0.4, 0.5) is 0 Å². The summed E-state index contributed by atoms with van der Waals surface area (Å²) in [5, 5.41) is 9.56. The number of nitrogens with two attached hydrogens (primary N) is 1. The van der Waals surface area contributed by atoms with Gasteiger partial charge in [0, 0.05) is 23.7 Å². The van der Waals surface area contributed by atoms with Crippen LogP contribution in [0.1, 0.15) is 15.9 Å². The summed E-state index contributed by atoms with van der Waals surface area (Å²) in [5.74, 6) is -1.47. The van der Waals surface area contributed by atoms with Gasteiger partial charge >= 0.3 is 5.97 Å². The number of carboxylic acid groups (broad SMARTS) is 1. The highest BCUT2D eigenvalue weighted by Gasteiger charge is 2.29. The first-order valence-electron chi connectivity index (χ1n) is 6.12. The molecule has 108 valence electrons. The van der Waals surface area contributed by atoms with Crippen molar-refractivity contribution in [3.8, 4) is 0 Å². The topological polar surface area (TPSA) is 92.9 Å². The Morgan fingerprint density at radius 3 is 2.85 bits per heavy atom. The molecule has 1 saturated heterocycles. The van der Waals surface area contributed by atoms with Gasteiger partial charge in [0.1, 0.15) is 6.04 Å². The SMILES string of the molecule is NC(=O)c1ccc(CN2CCOCC2C(=O)O)c(Cl)c1. The minimum absolute atomic E-state index is 0.159. The highest BCUT2D eigenvalue weighted by molar-refractivity contribution is 6.31. The molecule has 0 aliphatic carbocycles. The number of morpholine rings is 1. The number of halogens is 1. The molecule has 0 bridgehead atoms. The monoisotopic (exact) mass is 298 g/mol. The molecular formula is C13H15ClN2O4. The molecule has 1 aliphatic rings. The van der Waals surface area contributed by atoms with E-state index in [9.17, 15) is 9.59 Å². The van der Waals surface area contributed by atoms with Gasteiger partial charge in [0.05, 0.1) is 13.2 Å². The van der Waals surface area contributed by atoms with E-state index in [0.717, 1.165) is 5.56 Å². The van der Waals surface area contributed by atoms with Crippen LogP contribution < -0.4 is 5.73 Å². The number of aliphatic carboxylic acids is 1. The second-order valence-corrected chi connectivity index (χ2v) is 4.98. The fraction of sp³-hybridized carbons (Fsp3) is 0.385. The Morgan fingerprint density at radius 2 is 2.25 bits per heavy atom. The smallest absolute Gasteiger partial charge is 0.323 e. The number of amides is 1. The highest BCUT2D eigenvalue weighted by atomic mass is 35.5. The Kier molecular flexibility index (Phi) is 4.59. The first kappa shape index (κ1) is 14.8. The van der Waals surface area contributed by atoms with E-state index >= 15 is 0 Å². The molecule has 1 aliphatic heterocycles.